The van der Waals surface area contributed by atoms with Crippen molar-refractivity contribution in [1.29, 1.82) is 0 Å². The highest BCUT2D eigenvalue weighted by Crippen LogP contribution is 2.03. The van der Waals surface area contributed by atoms with E-state index in [-0.39, 0.29) is 17.4 Å². The van der Waals surface area contributed by atoms with Gasteiger partial charge in [-0.2, -0.15) is 0 Å². The maximum Gasteiger partial charge on any atom is 0.259 e. The van der Waals surface area contributed by atoms with Crippen molar-refractivity contribution in [2.24, 2.45) is 7.05 Å². The highest BCUT2D eigenvalue weighted by molar-refractivity contribution is 7.89. The standard InChI is InChI=1S/C8H16N4O2S.ClH/c1-9-4-3-5-11-15(13,14)8-6-12(2)7-10-8;/h6-7,9,11H,3-5H2,1-2H3;1H. The van der Waals surface area contributed by atoms with E-state index in [9.17, 15) is 8.42 Å². The Hall–Kier alpha value is -0.630. The molecule has 0 aliphatic rings. The SMILES string of the molecule is CNCCCNS(=O)(=O)c1cn(C)cn1.Cl. The Labute approximate surface area is 102 Å². The molecular weight excluding hydrogens is 252 g/mol. The first-order chi connectivity index (χ1) is 7.06. The van der Waals surface area contributed by atoms with Crippen molar-refractivity contribution in [2.45, 2.75) is 11.4 Å². The van der Waals surface area contributed by atoms with Crippen molar-refractivity contribution in [1.82, 2.24) is 19.6 Å². The summed E-state index contributed by atoms with van der Waals surface area (Å²) in [6.45, 7) is 1.20. The van der Waals surface area contributed by atoms with Crippen LogP contribution in [-0.2, 0) is 17.1 Å². The van der Waals surface area contributed by atoms with Gasteiger partial charge in [-0.1, -0.05) is 0 Å². The second-order valence-corrected chi connectivity index (χ2v) is 4.95. The molecule has 0 unspecified atom stereocenters. The lowest BCUT2D eigenvalue weighted by molar-refractivity contribution is 0.574. The zero-order valence-corrected chi connectivity index (χ0v) is 10.9. The molecule has 1 rings (SSSR count). The summed E-state index contributed by atoms with van der Waals surface area (Å²) in [5.74, 6) is 0. The molecule has 0 aliphatic carbocycles. The Bertz CT molecular complexity index is 404. The number of nitrogens with zero attached hydrogens (tertiary/aromatic N) is 2. The van der Waals surface area contributed by atoms with Gasteiger partial charge >= 0.3 is 0 Å². The molecule has 0 radical (unpaired) electrons. The van der Waals surface area contributed by atoms with Crippen molar-refractivity contribution >= 4 is 22.4 Å². The summed E-state index contributed by atoms with van der Waals surface area (Å²) in [6.07, 6.45) is 3.69. The van der Waals surface area contributed by atoms with Gasteiger partial charge in [0.05, 0.1) is 6.33 Å². The highest BCUT2D eigenvalue weighted by Gasteiger charge is 2.15. The van der Waals surface area contributed by atoms with Gasteiger partial charge in [0, 0.05) is 19.8 Å². The average Bonchev–Trinajstić information content (AvgIpc) is 2.60. The lowest BCUT2D eigenvalue weighted by Crippen LogP contribution is -2.27. The average molecular weight is 269 g/mol. The second kappa shape index (κ2) is 6.85. The molecule has 94 valence electrons. The Kier molecular flexibility index (Phi) is 6.58. The smallest absolute Gasteiger partial charge is 0.259 e. The third kappa shape index (κ3) is 4.48. The molecule has 0 atom stereocenters. The van der Waals surface area contributed by atoms with E-state index in [1.807, 2.05) is 7.05 Å². The van der Waals surface area contributed by atoms with E-state index in [4.69, 9.17) is 0 Å². The molecule has 8 heteroatoms. The molecule has 1 aromatic heterocycles. The Morgan fingerprint density at radius 3 is 2.62 bits per heavy atom. The fraction of sp³-hybridized carbons (Fsp3) is 0.625. The monoisotopic (exact) mass is 268 g/mol. The van der Waals surface area contributed by atoms with Crippen LogP contribution in [0.4, 0.5) is 0 Å². The van der Waals surface area contributed by atoms with Crippen LogP contribution >= 0.6 is 12.4 Å². The minimum absolute atomic E-state index is 0. The van der Waals surface area contributed by atoms with E-state index < -0.39 is 10.0 Å². The molecule has 0 aliphatic heterocycles. The summed E-state index contributed by atoms with van der Waals surface area (Å²) >= 11 is 0. The molecule has 0 saturated heterocycles. The Morgan fingerprint density at radius 2 is 2.12 bits per heavy atom. The molecule has 0 aromatic carbocycles. The number of halogens is 1. The van der Waals surface area contributed by atoms with Crippen LogP contribution in [-0.4, -0.2) is 38.1 Å². The molecule has 0 saturated carbocycles. The minimum atomic E-state index is -3.43. The van der Waals surface area contributed by atoms with Gasteiger partial charge in [0.1, 0.15) is 0 Å². The van der Waals surface area contributed by atoms with Crippen LogP contribution in [0.5, 0.6) is 0 Å². The van der Waals surface area contributed by atoms with Crippen molar-refractivity contribution in [2.75, 3.05) is 20.1 Å². The van der Waals surface area contributed by atoms with E-state index >= 15 is 0 Å². The van der Waals surface area contributed by atoms with Gasteiger partial charge in [0.15, 0.2) is 5.03 Å². The van der Waals surface area contributed by atoms with Gasteiger partial charge in [-0.25, -0.2) is 18.1 Å². The summed E-state index contributed by atoms with van der Waals surface area (Å²) < 4.78 is 27.3. The normalized spacial score (nSPS) is 11.1. The number of rotatable bonds is 6. The van der Waals surface area contributed by atoms with Gasteiger partial charge in [0.25, 0.3) is 10.0 Å². The number of aromatic nitrogens is 2. The van der Waals surface area contributed by atoms with Gasteiger partial charge < -0.3 is 9.88 Å². The number of hydrogen-bond acceptors (Lipinski definition) is 4. The van der Waals surface area contributed by atoms with Crippen LogP contribution in [0.25, 0.3) is 0 Å². The molecule has 0 amide bonds. The first-order valence-electron chi connectivity index (χ1n) is 4.68. The molecule has 0 fully saturated rings. The van der Waals surface area contributed by atoms with Crippen LogP contribution in [0.15, 0.2) is 17.6 Å². The summed E-state index contributed by atoms with van der Waals surface area (Å²) in [6, 6.07) is 0. The van der Waals surface area contributed by atoms with Crippen molar-refractivity contribution in [3.8, 4) is 0 Å². The quantitative estimate of drug-likeness (QED) is 0.697. The first-order valence-corrected chi connectivity index (χ1v) is 6.17. The highest BCUT2D eigenvalue weighted by atomic mass is 35.5. The largest absolute Gasteiger partial charge is 0.339 e. The lowest BCUT2D eigenvalue weighted by atomic mass is 10.4. The number of aryl methyl sites for hydroxylation is 1. The van der Waals surface area contributed by atoms with E-state index in [1.165, 1.54) is 12.5 Å². The van der Waals surface area contributed by atoms with E-state index in [1.54, 1.807) is 11.6 Å². The van der Waals surface area contributed by atoms with E-state index in [0.717, 1.165) is 13.0 Å². The molecule has 0 bridgehead atoms. The van der Waals surface area contributed by atoms with E-state index in [0.29, 0.717) is 6.54 Å². The maximum absolute atomic E-state index is 11.6. The van der Waals surface area contributed by atoms with Gasteiger partial charge in [-0.3, -0.25) is 0 Å². The molecule has 2 N–H and O–H groups in total. The fourth-order valence-electron chi connectivity index (χ4n) is 1.07. The van der Waals surface area contributed by atoms with Crippen LogP contribution in [0, 0.1) is 0 Å². The predicted octanol–water partition coefficient (Wildman–Crippen LogP) is -0.270. The summed E-state index contributed by atoms with van der Waals surface area (Å²) in [5, 5.41) is 3.01. The van der Waals surface area contributed by atoms with Crippen molar-refractivity contribution in [3.05, 3.63) is 12.5 Å². The van der Waals surface area contributed by atoms with Crippen molar-refractivity contribution < 1.29 is 8.42 Å². The fourth-order valence-corrected chi connectivity index (χ4v) is 2.13. The summed E-state index contributed by atoms with van der Waals surface area (Å²) in [5.41, 5.74) is 0. The third-order valence-corrected chi connectivity index (χ3v) is 3.20. The summed E-state index contributed by atoms with van der Waals surface area (Å²) in [4.78, 5) is 3.78. The Morgan fingerprint density at radius 1 is 1.44 bits per heavy atom. The molecule has 16 heavy (non-hydrogen) atoms. The Balaban J connectivity index is 0.00000225. The number of nitrogens with one attached hydrogen (secondary N) is 2. The topological polar surface area (TPSA) is 76.0 Å². The molecule has 1 aromatic rings. The van der Waals surface area contributed by atoms with Gasteiger partial charge in [0.2, 0.25) is 0 Å². The second-order valence-electron chi connectivity index (χ2n) is 3.23. The zero-order chi connectivity index (χ0) is 11.3. The molecular formula is C8H17ClN4O2S. The van der Waals surface area contributed by atoms with Gasteiger partial charge in [-0.15, -0.1) is 12.4 Å². The van der Waals surface area contributed by atoms with Crippen molar-refractivity contribution in [3.63, 3.8) is 0 Å². The van der Waals surface area contributed by atoms with E-state index in [2.05, 4.69) is 15.0 Å². The predicted molar refractivity (Wildman–Crippen MR) is 64.2 cm³/mol. The molecule has 6 nitrogen and oxygen atoms in total. The molecule has 0 spiro atoms. The molecule has 1 heterocycles. The van der Waals surface area contributed by atoms with Gasteiger partial charge in [-0.05, 0) is 20.0 Å². The van der Waals surface area contributed by atoms with Crippen LogP contribution in [0.2, 0.25) is 0 Å². The van der Waals surface area contributed by atoms with Crippen LogP contribution in [0.3, 0.4) is 0 Å². The number of imidazole rings is 1. The number of hydrogen-bond donors (Lipinski definition) is 2. The lowest BCUT2D eigenvalue weighted by Gasteiger charge is -2.03. The first kappa shape index (κ1) is 15.4. The minimum Gasteiger partial charge on any atom is -0.339 e. The zero-order valence-electron chi connectivity index (χ0n) is 9.30. The number of sulfonamides is 1. The maximum atomic E-state index is 11.6. The third-order valence-electron chi connectivity index (χ3n) is 1.85. The summed E-state index contributed by atoms with van der Waals surface area (Å²) in [7, 11) is 0.126. The van der Waals surface area contributed by atoms with Crippen LogP contribution in [0.1, 0.15) is 6.42 Å². The van der Waals surface area contributed by atoms with Crippen LogP contribution < -0.4 is 10.0 Å².